The van der Waals surface area contributed by atoms with E-state index in [2.05, 4.69) is 31.9 Å². The standard InChI is InChI=1S/C16H11BrCl5N3OS/c17-9-3-1-2-8(6-9)13(26)24-14(16(20,21)22)25-15(27)23-12-5-4-10(18)7-11(12)19/h1-7,14H,(H,24,26)(H2,23,25,27). The van der Waals surface area contributed by atoms with E-state index in [4.69, 9.17) is 70.2 Å². The Morgan fingerprint density at radius 2 is 1.78 bits per heavy atom. The van der Waals surface area contributed by atoms with Crippen LogP contribution in [0.25, 0.3) is 0 Å². The van der Waals surface area contributed by atoms with Crippen LogP contribution in [0, 0.1) is 0 Å². The molecule has 0 aromatic heterocycles. The van der Waals surface area contributed by atoms with E-state index in [0.29, 0.717) is 21.3 Å². The maximum Gasteiger partial charge on any atom is 0.253 e. The molecule has 0 aliphatic carbocycles. The molecule has 4 nitrogen and oxygen atoms in total. The number of carbonyl (C=O) groups is 1. The van der Waals surface area contributed by atoms with Gasteiger partial charge in [-0.1, -0.05) is 80.0 Å². The van der Waals surface area contributed by atoms with Gasteiger partial charge in [0.25, 0.3) is 5.91 Å². The van der Waals surface area contributed by atoms with E-state index in [1.54, 1.807) is 42.5 Å². The Kier molecular flexibility index (Phi) is 8.31. The number of hydrogen-bond donors (Lipinski definition) is 3. The molecule has 2 rings (SSSR count). The third-order valence-corrected chi connectivity index (χ3v) is 5.06. The van der Waals surface area contributed by atoms with Gasteiger partial charge in [0.1, 0.15) is 6.17 Å². The van der Waals surface area contributed by atoms with Crippen LogP contribution < -0.4 is 16.0 Å². The molecule has 0 fully saturated rings. The van der Waals surface area contributed by atoms with Crippen LogP contribution in [0.1, 0.15) is 10.4 Å². The van der Waals surface area contributed by atoms with Crippen molar-refractivity contribution in [3.8, 4) is 0 Å². The van der Waals surface area contributed by atoms with E-state index in [0.717, 1.165) is 4.47 Å². The summed E-state index contributed by atoms with van der Waals surface area (Å²) in [5.41, 5.74) is 0.880. The molecule has 0 aliphatic rings. The van der Waals surface area contributed by atoms with Crippen LogP contribution in [-0.2, 0) is 0 Å². The quantitative estimate of drug-likeness (QED) is 0.242. The average Bonchev–Trinajstić information content (AvgIpc) is 2.56. The van der Waals surface area contributed by atoms with Gasteiger partial charge in [-0.15, -0.1) is 0 Å². The van der Waals surface area contributed by atoms with Crippen LogP contribution in [-0.4, -0.2) is 21.0 Å². The fourth-order valence-electron chi connectivity index (χ4n) is 1.92. The zero-order valence-corrected chi connectivity index (χ0v) is 19.4. The largest absolute Gasteiger partial charge is 0.339 e. The third kappa shape index (κ3) is 7.13. The Morgan fingerprint density at radius 1 is 1.07 bits per heavy atom. The van der Waals surface area contributed by atoms with E-state index in [1.807, 2.05) is 0 Å². The second-order valence-corrected chi connectivity index (χ2v) is 9.72. The molecule has 1 atom stereocenters. The molecule has 144 valence electrons. The van der Waals surface area contributed by atoms with E-state index in [1.165, 1.54) is 0 Å². The van der Waals surface area contributed by atoms with Gasteiger partial charge in [-0.05, 0) is 48.6 Å². The molecule has 0 saturated carbocycles. The van der Waals surface area contributed by atoms with Crippen molar-refractivity contribution in [2.75, 3.05) is 5.32 Å². The molecule has 2 aromatic carbocycles. The summed E-state index contributed by atoms with van der Waals surface area (Å²) < 4.78 is -1.14. The van der Waals surface area contributed by atoms with E-state index in [9.17, 15) is 4.79 Å². The summed E-state index contributed by atoms with van der Waals surface area (Å²) in [4.78, 5) is 12.4. The predicted octanol–water partition coefficient (Wildman–Crippen LogP) is 6.17. The Bertz CT molecular complexity index is 862. The maximum absolute atomic E-state index is 12.4. The number of nitrogens with one attached hydrogen (secondary N) is 3. The van der Waals surface area contributed by atoms with Crippen LogP contribution >= 0.6 is 86.2 Å². The summed E-state index contributed by atoms with van der Waals surface area (Å²) in [6.45, 7) is 0. The van der Waals surface area contributed by atoms with Crippen LogP contribution in [0.5, 0.6) is 0 Å². The summed E-state index contributed by atoms with van der Waals surface area (Å²) >= 11 is 38.4. The molecule has 0 spiro atoms. The summed E-state index contributed by atoms with van der Waals surface area (Å²) in [6, 6.07) is 11.6. The van der Waals surface area contributed by atoms with Gasteiger partial charge in [0.2, 0.25) is 3.79 Å². The van der Waals surface area contributed by atoms with Gasteiger partial charge in [-0.25, -0.2) is 0 Å². The normalized spacial score (nSPS) is 12.2. The number of anilines is 1. The van der Waals surface area contributed by atoms with E-state index < -0.39 is 15.9 Å². The maximum atomic E-state index is 12.4. The first-order valence-corrected chi connectivity index (χ1v) is 10.3. The van der Waals surface area contributed by atoms with E-state index >= 15 is 0 Å². The Morgan fingerprint density at radius 3 is 2.37 bits per heavy atom. The lowest BCUT2D eigenvalue weighted by atomic mass is 10.2. The molecule has 1 unspecified atom stereocenters. The molecule has 0 bridgehead atoms. The number of rotatable bonds is 4. The molecule has 11 heteroatoms. The smallest absolute Gasteiger partial charge is 0.253 e. The summed E-state index contributed by atoms with van der Waals surface area (Å²) in [6.07, 6.45) is -1.11. The highest BCUT2D eigenvalue weighted by Crippen LogP contribution is 2.30. The van der Waals surface area contributed by atoms with Crippen molar-refractivity contribution >= 4 is 103 Å². The molecule has 0 heterocycles. The molecule has 1 amide bonds. The minimum absolute atomic E-state index is 0.0880. The van der Waals surface area contributed by atoms with Crippen molar-refractivity contribution in [2.24, 2.45) is 0 Å². The predicted molar refractivity (Wildman–Crippen MR) is 122 cm³/mol. The average molecular weight is 551 g/mol. The van der Waals surface area contributed by atoms with Crippen LogP contribution in [0.15, 0.2) is 46.9 Å². The first kappa shape index (κ1) is 22.8. The van der Waals surface area contributed by atoms with Crippen LogP contribution in [0.2, 0.25) is 10.0 Å². The second-order valence-electron chi connectivity index (χ2n) is 5.18. The summed E-state index contributed by atoms with van der Waals surface area (Å²) in [5.74, 6) is -0.451. The minimum Gasteiger partial charge on any atom is -0.339 e. The van der Waals surface area contributed by atoms with Gasteiger partial charge in [0, 0.05) is 15.1 Å². The Hall–Kier alpha value is -0.470. The van der Waals surface area contributed by atoms with Crippen molar-refractivity contribution in [3.05, 3.63) is 62.5 Å². The number of halogens is 6. The van der Waals surface area contributed by atoms with Crippen molar-refractivity contribution in [1.29, 1.82) is 0 Å². The molecule has 3 N–H and O–H groups in total. The van der Waals surface area contributed by atoms with Gasteiger partial charge >= 0.3 is 0 Å². The van der Waals surface area contributed by atoms with Crippen molar-refractivity contribution in [3.63, 3.8) is 0 Å². The van der Waals surface area contributed by atoms with Gasteiger partial charge in [-0.2, -0.15) is 0 Å². The highest BCUT2D eigenvalue weighted by Gasteiger charge is 2.35. The molecule has 2 aromatic rings. The van der Waals surface area contributed by atoms with Crippen molar-refractivity contribution < 1.29 is 4.79 Å². The molecule has 0 aliphatic heterocycles. The first-order chi connectivity index (χ1) is 12.6. The van der Waals surface area contributed by atoms with E-state index in [-0.39, 0.29) is 5.11 Å². The number of carbonyl (C=O) groups excluding carboxylic acids is 1. The lowest BCUT2D eigenvalue weighted by molar-refractivity contribution is 0.0934. The van der Waals surface area contributed by atoms with Crippen molar-refractivity contribution in [2.45, 2.75) is 9.96 Å². The lowest BCUT2D eigenvalue weighted by Gasteiger charge is -2.28. The molecular formula is C16H11BrCl5N3OS. The highest BCUT2D eigenvalue weighted by atomic mass is 79.9. The first-order valence-electron chi connectivity index (χ1n) is 7.22. The monoisotopic (exact) mass is 547 g/mol. The number of alkyl halides is 3. The summed E-state index contributed by atoms with van der Waals surface area (Å²) in [5, 5.41) is 9.12. The van der Waals surface area contributed by atoms with Crippen LogP contribution in [0.4, 0.5) is 5.69 Å². The topological polar surface area (TPSA) is 53.2 Å². The van der Waals surface area contributed by atoms with Crippen molar-refractivity contribution in [1.82, 2.24) is 10.6 Å². The molecule has 0 radical (unpaired) electrons. The third-order valence-electron chi connectivity index (χ3n) is 3.14. The van der Waals surface area contributed by atoms with Gasteiger partial charge in [-0.3, -0.25) is 4.79 Å². The zero-order chi connectivity index (χ0) is 20.2. The number of benzene rings is 2. The molecule has 0 saturated heterocycles. The number of hydrogen-bond acceptors (Lipinski definition) is 2. The zero-order valence-electron chi connectivity index (χ0n) is 13.2. The second kappa shape index (κ2) is 9.83. The minimum atomic E-state index is -1.88. The Labute approximate surface area is 195 Å². The molecule has 27 heavy (non-hydrogen) atoms. The lowest BCUT2D eigenvalue weighted by Crippen LogP contribution is -2.56. The fourth-order valence-corrected chi connectivity index (χ4v) is 3.33. The van der Waals surface area contributed by atoms with Gasteiger partial charge in [0.05, 0.1) is 10.7 Å². The SMILES string of the molecule is O=C(NC(NC(=S)Nc1ccc(Cl)cc1Cl)C(Cl)(Cl)Cl)c1cccc(Br)c1. The number of thiocarbonyl (C=S) groups is 1. The highest BCUT2D eigenvalue weighted by molar-refractivity contribution is 9.10. The molecular weight excluding hydrogens is 539 g/mol. The van der Waals surface area contributed by atoms with Gasteiger partial charge in [0.15, 0.2) is 5.11 Å². The Balaban J connectivity index is 2.10. The van der Waals surface area contributed by atoms with Gasteiger partial charge < -0.3 is 16.0 Å². The fraction of sp³-hybridized carbons (Fsp3) is 0.125. The summed E-state index contributed by atoms with van der Waals surface area (Å²) in [7, 11) is 0. The number of amides is 1. The van der Waals surface area contributed by atoms with Crippen LogP contribution in [0.3, 0.4) is 0 Å².